The lowest BCUT2D eigenvalue weighted by atomic mass is 9.84. The lowest BCUT2D eigenvalue weighted by molar-refractivity contribution is -0.184. The highest BCUT2D eigenvalue weighted by Gasteiger charge is 2.45. The zero-order valence-electron chi connectivity index (χ0n) is 12.2. The molecule has 21 heavy (non-hydrogen) atoms. The molecule has 0 saturated heterocycles. The van der Waals surface area contributed by atoms with E-state index in [9.17, 15) is 13.2 Å². The van der Waals surface area contributed by atoms with Crippen LogP contribution < -0.4 is 10.2 Å². The van der Waals surface area contributed by atoms with Crippen molar-refractivity contribution in [3.63, 3.8) is 0 Å². The molecular weight excluding hydrogens is 301 g/mol. The van der Waals surface area contributed by atoms with Gasteiger partial charge in [-0.05, 0) is 31.0 Å². The first-order chi connectivity index (χ1) is 9.79. The van der Waals surface area contributed by atoms with E-state index in [1.165, 1.54) is 0 Å². The quantitative estimate of drug-likeness (QED) is 0.848. The van der Waals surface area contributed by atoms with Gasteiger partial charge >= 0.3 is 6.18 Å². The predicted molar refractivity (Wildman–Crippen MR) is 81.2 cm³/mol. The highest BCUT2D eigenvalue weighted by molar-refractivity contribution is 6.33. The molecule has 1 fully saturated rings. The number of nitrogens with zero attached hydrogens (tertiary/aromatic N) is 1. The molecule has 1 N–H and O–H groups in total. The molecule has 1 aliphatic rings. The van der Waals surface area contributed by atoms with Gasteiger partial charge in [-0.3, -0.25) is 0 Å². The van der Waals surface area contributed by atoms with Crippen LogP contribution in [0.25, 0.3) is 0 Å². The van der Waals surface area contributed by atoms with Crippen LogP contribution in [0.5, 0.6) is 0 Å². The summed E-state index contributed by atoms with van der Waals surface area (Å²) in [6.07, 6.45) is -1.94. The number of nitrogens with one attached hydrogen (secondary N) is 1. The number of hydrogen-bond acceptors (Lipinski definition) is 2. The minimum Gasteiger partial charge on any atom is -0.382 e. The first kappa shape index (κ1) is 16.3. The summed E-state index contributed by atoms with van der Waals surface area (Å²) in [6.45, 7) is 0. The van der Waals surface area contributed by atoms with Gasteiger partial charge in [-0.1, -0.05) is 24.4 Å². The molecule has 6 heteroatoms. The molecular formula is C15H20ClF3N2. The van der Waals surface area contributed by atoms with E-state index in [2.05, 4.69) is 5.32 Å². The second-order valence-electron chi connectivity index (χ2n) is 5.74. The van der Waals surface area contributed by atoms with Crippen molar-refractivity contribution in [1.82, 2.24) is 0 Å². The largest absolute Gasteiger partial charge is 0.393 e. The maximum atomic E-state index is 13.1. The maximum absolute atomic E-state index is 13.1. The van der Waals surface area contributed by atoms with Crippen LogP contribution in [0.1, 0.15) is 25.7 Å². The summed E-state index contributed by atoms with van der Waals surface area (Å²) in [7, 11) is 3.74. The Morgan fingerprint density at radius 1 is 1.19 bits per heavy atom. The van der Waals surface area contributed by atoms with Crippen molar-refractivity contribution in [3.05, 3.63) is 23.2 Å². The summed E-state index contributed by atoms with van der Waals surface area (Å²) in [5.74, 6) is -1.28. The lowest BCUT2D eigenvalue weighted by Gasteiger charge is -2.34. The minimum absolute atomic E-state index is 0.199. The zero-order valence-corrected chi connectivity index (χ0v) is 12.9. The fraction of sp³-hybridized carbons (Fsp3) is 0.600. The molecule has 0 aromatic heterocycles. The molecule has 2 unspecified atom stereocenters. The molecule has 1 saturated carbocycles. The third-order valence-electron chi connectivity index (χ3n) is 3.97. The molecule has 1 aromatic carbocycles. The molecule has 0 aliphatic heterocycles. The molecule has 0 amide bonds. The van der Waals surface area contributed by atoms with Crippen LogP contribution in [0, 0.1) is 5.92 Å². The normalized spacial score (nSPS) is 23.0. The Kier molecular flexibility index (Phi) is 4.91. The van der Waals surface area contributed by atoms with Gasteiger partial charge in [0.1, 0.15) is 0 Å². The molecule has 1 aliphatic carbocycles. The number of hydrogen-bond donors (Lipinski definition) is 1. The average molecular weight is 321 g/mol. The summed E-state index contributed by atoms with van der Waals surface area (Å²) < 4.78 is 39.2. The van der Waals surface area contributed by atoms with Gasteiger partial charge in [-0.15, -0.1) is 0 Å². The van der Waals surface area contributed by atoms with E-state index in [0.717, 1.165) is 12.1 Å². The van der Waals surface area contributed by atoms with Crippen LogP contribution >= 0.6 is 11.6 Å². The van der Waals surface area contributed by atoms with Gasteiger partial charge in [0.05, 0.1) is 16.6 Å². The van der Waals surface area contributed by atoms with Gasteiger partial charge in [0.2, 0.25) is 0 Å². The third-order valence-corrected chi connectivity index (χ3v) is 4.27. The van der Waals surface area contributed by atoms with Crippen LogP contribution in [0.4, 0.5) is 24.5 Å². The molecule has 118 valence electrons. The van der Waals surface area contributed by atoms with E-state index >= 15 is 0 Å². The van der Waals surface area contributed by atoms with E-state index in [1.807, 2.05) is 25.1 Å². The molecule has 2 rings (SSSR count). The van der Waals surface area contributed by atoms with Crippen molar-refractivity contribution in [3.8, 4) is 0 Å². The molecule has 1 aromatic rings. The van der Waals surface area contributed by atoms with Gasteiger partial charge in [-0.2, -0.15) is 13.2 Å². The summed E-state index contributed by atoms with van der Waals surface area (Å²) in [6, 6.07) is 4.72. The number of alkyl halides is 3. The van der Waals surface area contributed by atoms with Gasteiger partial charge in [-0.25, -0.2) is 0 Å². The predicted octanol–water partition coefficient (Wildman–Crippen LogP) is 4.94. The van der Waals surface area contributed by atoms with Crippen LogP contribution in [0.15, 0.2) is 18.2 Å². The summed E-state index contributed by atoms with van der Waals surface area (Å²) in [5.41, 5.74) is 1.49. The Balaban J connectivity index is 2.14. The molecule has 2 nitrogen and oxygen atoms in total. The second-order valence-corrected chi connectivity index (χ2v) is 6.15. The Morgan fingerprint density at radius 2 is 1.86 bits per heavy atom. The van der Waals surface area contributed by atoms with E-state index in [0.29, 0.717) is 23.6 Å². The first-order valence-electron chi connectivity index (χ1n) is 7.09. The number of halogens is 4. The van der Waals surface area contributed by atoms with E-state index in [4.69, 9.17) is 11.6 Å². The van der Waals surface area contributed by atoms with Crippen molar-refractivity contribution < 1.29 is 13.2 Å². The number of rotatable bonds is 3. The Bertz CT molecular complexity index is 488. The third kappa shape index (κ3) is 3.96. The fourth-order valence-electron chi connectivity index (χ4n) is 2.87. The summed E-state index contributed by atoms with van der Waals surface area (Å²) in [4.78, 5) is 1.87. The fourth-order valence-corrected chi connectivity index (χ4v) is 3.22. The van der Waals surface area contributed by atoms with Crippen LogP contribution in [0.3, 0.4) is 0 Å². The molecule has 0 heterocycles. The van der Waals surface area contributed by atoms with Crippen LogP contribution in [0.2, 0.25) is 5.02 Å². The summed E-state index contributed by atoms with van der Waals surface area (Å²) in [5, 5.41) is 3.55. The monoisotopic (exact) mass is 320 g/mol. The van der Waals surface area contributed by atoms with Crippen molar-refractivity contribution in [1.29, 1.82) is 0 Å². The van der Waals surface area contributed by atoms with E-state index in [1.54, 1.807) is 12.1 Å². The van der Waals surface area contributed by atoms with E-state index in [-0.39, 0.29) is 6.42 Å². The van der Waals surface area contributed by atoms with Crippen molar-refractivity contribution in [2.45, 2.75) is 37.9 Å². The average Bonchev–Trinajstić information content (AvgIpc) is 2.37. The second kappa shape index (κ2) is 6.34. The van der Waals surface area contributed by atoms with Crippen molar-refractivity contribution in [2.75, 3.05) is 24.3 Å². The molecule has 0 bridgehead atoms. The van der Waals surface area contributed by atoms with Gasteiger partial charge in [0.25, 0.3) is 0 Å². The maximum Gasteiger partial charge on any atom is 0.393 e. The Morgan fingerprint density at radius 3 is 2.43 bits per heavy atom. The smallest absolute Gasteiger partial charge is 0.382 e. The Labute approximate surface area is 128 Å². The first-order valence-corrected chi connectivity index (χ1v) is 7.47. The SMILES string of the molecule is CN(C)c1ccc(NC2CCCCC2C(F)(F)F)cc1Cl. The molecule has 0 spiro atoms. The minimum atomic E-state index is -4.15. The highest BCUT2D eigenvalue weighted by Crippen LogP contribution is 2.39. The van der Waals surface area contributed by atoms with Crippen molar-refractivity contribution >= 4 is 23.0 Å². The van der Waals surface area contributed by atoms with Crippen LogP contribution in [-0.2, 0) is 0 Å². The Hall–Kier alpha value is -1.10. The van der Waals surface area contributed by atoms with Crippen LogP contribution in [-0.4, -0.2) is 26.3 Å². The van der Waals surface area contributed by atoms with Gasteiger partial charge < -0.3 is 10.2 Å². The standard InChI is InChI=1S/C15H20ClF3N2/c1-21(2)14-8-7-10(9-12(14)16)20-13-6-4-3-5-11(13)15(17,18)19/h7-9,11,13,20H,3-6H2,1-2H3. The zero-order chi connectivity index (χ0) is 15.6. The molecule has 2 atom stereocenters. The topological polar surface area (TPSA) is 15.3 Å². The lowest BCUT2D eigenvalue weighted by Crippen LogP contribution is -2.41. The van der Waals surface area contributed by atoms with Gasteiger partial charge in [0.15, 0.2) is 0 Å². The van der Waals surface area contributed by atoms with E-state index < -0.39 is 18.1 Å². The number of benzene rings is 1. The van der Waals surface area contributed by atoms with Crippen molar-refractivity contribution in [2.24, 2.45) is 5.92 Å². The summed E-state index contributed by atoms with van der Waals surface area (Å²) >= 11 is 6.16. The van der Waals surface area contributed by atoms with Gasteiger partial charge in [0, 0.05) is 25.8 Å². The number of anilines is 2. The molecule has 0 radical (unpaired) electrons. The highest BCUT2D eigenvalue weighted by atomic mass is 35.5.